The van der Waals surface area contributed by atoms with Crippen molar-refractivity contribution in [1.82, 2.24) is 4.98 Å². The van der Waals surface area contributed by atoms with Crippen molar-refractivity contribution in [3.05, 3.63) is 64.7 Å². The lowest BCUT2D eigenvalue weighted by Gasteiger charge is -2.12. The average Bonchev–Trinajstić information content (AvgIpc) is 2.65. The molecule has 4 heteroatoms. The van der Waals surface area contributed by atoms with Crippen molar-refractivity contribution in [2.45, 2.75) is 40.2 Å². The zero-order valence-electron chi connectivity index (χ0n) is 16.1. The number of rotatable bonds is 6. The van der Waals surface area contributed by atoms with Crippen LogP contribution in [0.4, 0.5) is 5.82 Å². The molecule has 3 aromatic rings. The van der Waals surface area contributed by atoms with Gasteiger partial charge < -0.3 is 10.5 Å². The van der Waals surface area contributed by atoms with Crippen LogP contribution in [0.2, 0.25) is 0 Å². The third-order valence-electron chi connectivity index (χ3n) is 4.88. The maximum absolute atomic E-state index is 9.31. The molecule has 27 heavy (non-hydrogen) atoms. The Labute approximate surface area is 160 Å². The van der Waals surface area contributed by atoms with E-state index in [-0.39, 0.29) is 0 Å². The van der Waals surface area contributed by atoms with E-state index in [1.807, 2.05) is 37.3 Å². The average molecular weight is 359 g/mol. The third kappa shape index (κ3) is 4.57. The van der Waals surface area contributed by atoms with Gasteiger partial charge in [-0.3, -0.25) is 0 Å². The highest BCUT2D eigenvalue weighted by Crippen LogP contribution is 2.23. The summed E-state index contributed by atoms with van der Waals surface area (Å²) in [7, 11) is 0. The van der Waals surface area contributed by atoms with Crippen LogP contribution in [-0.2, 0) is 13.0 Å². The Kier molecular flexibility index (Phi) is 5.61. The van der Waals surface area contributed by atoms with Crippen molar-refractivity contribution in [3.8, 4) is 11.8 Å². The molecule has 0 aliphatic rings. The Morgan fingerprint density at radius 2 is 1.96 bits per heavy atom. The molecule has 2 N–H and O–H groups in total. The number of nitrogens with two attached hydrogens (primary N) is 1. The number of aryl methyl sites for hydroxylation is 1. The number of hydrogen-bond acceptors (Lipinski definition) is 4. The summed E-state index contributed by atoms with van der Waals surface area (Å²) in [4.78, 5) is 4.41. The summed E-state index contributed by atoms with van der Waals surface area (Å²) < 4.78 is 5.99. The Balaban J connectivity index is 1.81. The van der Waals surface area contributed by atoms with Crippen LogP contribution in [0.3, 0.4) is 0 Å². The summed E-state index contributed by atoms with van der Waals surface area (Å²) in [5.74, 6) is 1.82. The van der Waals surface area contributed by atoms with E-state index in [4.69, 9.17) is 10.5 Å². The van der Waals surface area contributed by atoms with Crippen LogP contribution in [0.1, 0.15) is 42.5 Å². The Morgan fingerprint density at radius 3 is 2.70 bits per heavy atom. The fourth-order valence-electron chi connectivity index (χ4n) is 3.20. The van der Waals surface area contributed by atoms with Gasteiger partial charge in [-0.05, 0) is 66.3 Å². The zero-order chi connectivity index (χ0) is 19.4. The van der Waals surface area contributed by atoms with Crippen LogP contribution in [0.25, 0.3) is 10.9 Å². The lowest BCUT2D eigenvalue weighted by molar-refractivity contribution is 0.306. The molecule has 4 nitrogen and oxygen atoms in total. The van der Waals surface area contributed by atoms with Gasteiger partial charge in [-0.1, -0.05) is 32.4 Å². The van der Waals surface area contributed by atoms with Crippen LogP contribution in [-0.4, -0.2) is 4.98 Å². The second-order valence-corrected chi connectivity index (χ2v) is 7.20. The SMILES string of the molecule is CCC(C)Cc1cc(C#N)cc(OCc2ccc3c(C)cc(N)nc3c2)c1. The van der Waals surface area contributed by atoms with E-state index in [1.54, 1.807) is 6.07 Å². The van der Waals surface area contributed by atoms with Crippen molar-refractivity contribution >= 4 is 16.7 Å². The van der Waals surface area contributed by atoms with Gasteiger partial charge in [-0.15, -0.1) is 0 Å². The fraction of sp³-hybridized carbons (Fsp3) is 0.304. The normalized spacial score (nSPS) is 11.9. The molecular formula is C23H25N3O. The Morgan fingerprint density at radius 1 is 1.15 bits per heavy atom. The second kappa shape index (κ2) is 8.09. The van der Waals surface area contributed by atoms with Gasteiger partial charge in [0.1, 0.15) is 18.2 Å². The number of pyridine rings is 1. The lowest BCUT2D eigenvalue weighted by atomic mass is 9.97. The molecule has 1 heterocycles. The monoisotopic (exact) mass is 359 g/mol. The van der Waals surface area contributed by atoms with Crippen molar-refractivity contribution in [1.29, 1.82) is 5.26 Å². The lowest BCUT2D eigenvalue weighted by Crippen LogP contribution is -2.01. The van der Waals surface area contributed by atoms with Gasteiger partial charge in [0.05, 0.1) is 17.1 Å². The van der Waals surface area contributed by atoms with Gasteiger partial charge in [0.2, 0.25) is 0 Å². The number of hydrogen-bond donors (Lipinski definition) is 1. The number of benzene rings is 2. The minimum absolute atomic E-state index is 0.420. The number of aromatic nitrogens is 1. The number of nitriles is 1. The first-order valence-electron chi connectivity index (χ1n) is 9.31. The summed E-state index contributed by atoms with van der Waals surface area (Å²) >= 11 is 0. The van der Waals surface area contributed by atoms with E-state index in [1.165, 1.54) is 0 Å². The summed E-state index contributed by atoms with van der Waals surface area (Å²) in [6, 6.07) is 16.0. The summed E-state index contributed by atoms with van der Waals surface area (Å²) in [6.45, 7) is 6.85. The van der Waals surface area contributed by atoms with Crippen LogP contribution in [0.5, 0.6) is 5.75 Å². The molecule has 1 unspecified atom stereocenters. The predicted molar refractivity (Wildman–Crippen MR) is 110 cm³/mol. The first-order chi connectivity index (χ1) is 13.0. The van der Waals surface area contributed by atoms with Gasteiger partial charge in [-0.25, -0.2) is 4.98 Å². The molecular weight excluding hydrogens is 334 g/mol. The summed E-state index contributed by atoms with van der Waals surface area (Å²) in [5.41, 5.74) is 10.6. The molecule has 0 aliphatic heterocycles. The van der Waals surface area contributed by atoms with E-state index in [0.29, 0.717) is 23.9 Å². The molecule has 0 aliphatic carbocycles. The van der Waals surface area contributed by atoms with Crippen molar-refractivity contribution in [2.24, 2.45) is 5.92 Å². The highest BCUT2D eigenvalue weighted by Gasteiger charge is 2.07. The van der Waals surface area contributed by atoms with E-state index in [2.05, 4.69) is 31.0 Å². The molecule has 0 saturated carbocycles. The van der Waals surface area contributed by atoms with Crippen LogP contribution in [0.15, 0.2) is 42.5 Å². The highest BCUT2D eigenvalue weighted by molar-refractivity contribution is 5.84. The Hall–Kier alpha value is -3.06. The van der Waals surface area contributed by atoms with Crippen molar-refractivity contribution in [2.75, 3.05) is 5.73 Å². The molecule has 1 atom stereocenters. The summed E-state index contributed by atoms with van der Waals surface area (Å²) in [6.07, 6.45) is 2.06. The maximum atomic E-state index is 9.31. The van der Waals surface area contributed by atoms with E-state index < -0.39 is 0 Å². The largest absolute Gasteiger partial charge is 0.489 e. The van der Waals surface area contributed by atoms with Crippen LogP contribution in [0, 0.1) is 24.2 Å². The molecule has 0 spiro atoms. The van der Waals surface area contributed by atoms with Gasteiger partial charge in [0, 0.05) is 5.39 Å². The second-order valence-electron chi connectivity index (χ2n) is 7.20. The quantitative estimate of drug-likeness (QED) is 0.659. The molecule has 0 amide bonds. The molecule has 3 rings (SSSR count). The maximum Gasteiger partial charge on any atom is 0.124 e. The first-order valence-corrected chi connectivity index (χ1v) is 9.31. The number of anilines is 1. The standard InChI is InChI=1S/C23H25N3O/c1-4-15(2)7-18-9-19(13-24)11-20(10-18)27-14-17-5-6-21-16(3)8-23(25)26-22(21)12-17/h5-6,8-12,15H,4,7,14H2,1-3H3,(H2,25,26). The molecule has 0 bridgehead atoms. The molecule has 2 aromatic carbocycles. The summed E-state index contributed by atoms with van der Waals surface area (Å²) in [5, 5.41) is 10.4. The molecule has 0 fully saturated rings. The van der Waals surface area contributed by atoms with E-state index in [9.17, 15) is 5.26 Å². The minimum atomic E-state index is 0.420. The Bertz CT molecular complexity index is 1000. The third-order valence-corrected chi connectivity index (χ3v) is 4.88. The van der Waals surface area contributed by atoms with Crippen LogP contribution >= 0.6 is 0 Å². The molecule has 138 valence electrons. The van der Waals surface area contributed by atoms with Crippen LogP contribution < -0.4 is 10.5 Å². The molecule has 0 saturated heterocycles. The number of fused-ring (bicyclic) bond motifs is 1. The zero-order valence-corrected chi connectivity index (χ0v) is 16.1. The number of nitrogen functional groups attached to an aromatic ring is 1. The van der Waals surface area contributed by atoms with E-state index >= 15 is 0 Å². The first kappa shape index (κ1) is 18.7. The van der Waals surface area contributed by atoms with Crippen molar-refractivity contribution in [3.63, 3.8) is 0 Å². The minimum Gasteiger partial charge on any atom is -0.489 e. The smallest absolute Gasteiger partial charge is 0.124 e. The van der Waals surface area contributed by atoms with E-state index in [0.717, 1.165) is 46.2 Å². The molecule has 1 aromatic heterocycles. The van der Waals surface area contributed by atoms with Gasteiger partial charge >= 0.3 is 0 Å². The fourth-order valence-corrected chi connectivity index (χ4v) is 3.20. The predicted octanol–water partition coefficient (Wildman–Crippen LogP) is 5.16. The number of nitrogens with zero attached hydrogens (tertiary/aromatic N) is 2. The molecule has 0 radical (unpaired) electrons. The van der Waals surface area contributed by atoms with Gasteiger partial charge in [0.15, 0.2) is 0 Å². The highest BCUT2D eigenvalue weighted by atomic mass is 16.5. The van der Waals surface area contributed by atoms with Gasteiger partial charge in [0.25, 0.3) is 0 Å². The topological polar surface area (TPSA) is 71.9 Å². The number of ether oxygens (including phenoxy) is 1. The van der Waals surface area contributed by atoms with Crippen molar-refractivity contribution < 1.29 is 4.74 Å². The van der Waals surface area contributed by atoms with Gasteiger partial charge in [-0.2, -0.15) is 5.26 Å².